The van der Waals surface area contributed by atoms with Crippen LogP contribution in [0.1, 0.15) is 37.4 Å². The Morgan fingerprint density at radius 1 is 1.16 bits per heavy atom. The zero-order valence-corrected chi connectivity index (χ0v) is 11.1. The standard InChI is InChI=1S/C15H16N2O2/c1-8-9(2)15(19)17(14(8)18)13-6-3-10-7-11(16)4-5-12(10)13/h4-5,7,13H,3,6,16H2,1-2H3. The number of carbonyl (C=O) groups excluding carboxylic acids is 2. The summed E-state index contributed by atoms with van der Waals surface area (Å²) in [4.78, 5) is 25.8. The third-order valence-electron chi connectivity index (χ3n) is 4.17. The van der Waals surface area contributed by atoms with Gasteiger partial charge in [0.05, 0.1) is 6.04 Å². The highest BCUT2D eigenvalue weighted by Gasteiger charge is 2.41. The van der Waals surface area contributed by atoms with E-state index in [-0.39, 0.29) is 17.9 Å². The van der Waals surface area contributed by atoms with Crippen LogP contribution in [0.2, 0.25) is 0 Å². The third kappa shape index (κ3) is 1.59. The first-order chi connectivity index (χ1) is 9.00. The smallest absolute Gasteiger partial charge is 0.257 e. The van der Waals surface area contributed by atoms with Crippen LogP contribution in [0.4, 0.5) is 5.69 Å². The summed E-state index contributed by atoms with van der Waals surface area (Å²) in [5.74, 6) is -0.311. The molecule has 0 bridgehead atoms. The number of hydrogen-bond acceptors (Lipinski definition) is 3. The van der Waals surface area contributed by atoms with Crippen LogP contribution in [0, 0.1) is 0 Å². The van der Waals surface area contributed by atoms with Gasteiger partial charge in [-0.15, -0.1) is 0 Å². The number of amides is 2. The lowest BCUT2D eigenvalue weighted by atomic mass is 10.1. The number of carbonyl (C=O) groups is 2. The average molecular weight is 256 g/mol. The molecule has 2 amide bonds. The molecule has 0 radical (unpaired) electrons. The van der Waals surface area contributed by atoms with E-state index in [0.29, 0.717) is 11.1 Å². The van der Waals surface area contributed by atoms with Gasteiger partial charge in [0.25, 0.3) is 11.8 Å². The zero-order chi connectivity index (χ0) is 13.7. The number of anilines is 1. The molecule has 1 atom stereocenters. The van der Waals surface area contributed by atoms with Crippen molar-refractivity contribution in [2.45, 2.75) is 32.7 Å². The summed E-state index contributed by atoms with van der Waals surface area (Å²) in [6, 6.07) is 5.57. The van der Waals surface area contributed by atoms with Gasteiger partial charge >= 0.3 is 0 Å². The van der Waals surface area contributed by atoms with Crippen molar-refractivity contribution >= 4 is 17.5 Å². The summed E-state index contributed by atoms with van der Waals surface area (Å²) in [5, 5.41) is 0. The Morgan fingerprint density at radius 2 is 1.79 bits per heavy atom. The molecule has 1 aliphatic heterocycles. The summed E-state index contributed by atoms with van der Waals surface area (Å²) in [5.41, 5.74) is 9.83. The topological polar surface area (TPSA) is 63.4 Å². The van der Waals surface area contributed by atoms with Gasteiger partial charge in [-0.3, -0.25) is 14.5 Å². The molecule has 2 aliphatic rings. The van der Waals surface area contributed by atoms with E-state index in [1.54, 1.807) is 13.8 Å². The molecule has 98 valence electrons. The van der Waals surface area contributed by atoms with E-state index < -0.39 is 0 Å². The summed E-state index contributed by atoms with van der Waals surface area (Å²) in [7, 11) is 0. The van der Waals surface area contributed by atoms with Crippen LogP contribution in [-0.4, -0.2) is 16.7 Å². The molecular formula is C15H16N2O2. The molecule has 0 fully saturated rings. The van der Waals surface area contributed by atoms with Crippen LogP contribution in [0.5, 0.6) is 0 Å². The van der Waals surface area contributed by atoms with Crippen molar-refractivity contribution in [3.05, 3.63) is 40.5 Å². The van der Waals surface area contributed by atoms with Gasteiger partial charge in [0.2, 0.25) is 0 Å². The van der Waals surface area contributed by atoms with Crippen LogP contribution in [0.3, 0.4) is 0 Å². The molecular weight excluding hydrogens is 240 g/mol. The number of aryl methyl sites for hydroxylation is 1. The quantitative estimate of drug-likeness (QED) is 0.617. The van der Waals surface area contributed by atoms with Gasteiger partial charge in [-0.05, 0) is 49.9 Å². The second-order valence-electron chi connectivity index (χ2n) is 5.24. The number of rotatable bonds is 1. The lowest BCUT2D eigenvalue weighted by Gasteiger charge is -2.23. The van der Waals surface area contributed by atoms with Crippen molar-refractivity contribution in [1.29, 1.82) is 0 Å². The largest absolute Gasteiger partial charge is 0.399 e. The number of nitrogen functional groups attached to an aromatic ring is 1. The number of benzene rings is 1. The Hall–Kier alpha value is -2.10. The number of fused-ring (bicyclic) bond motifs is 1. The molecule has 0 saturated heterocycles. The van der Waals surface area contributed by atoms with Gasteiger partial charge < -0.3 is 5.73 Å². The molecule has 2 N–H and O–H groups in total. The van der Waals surface area contributed by atoms with E-state index in [1.807, 2.05) is 18.2 Å². The maximum atomic E-state index is 12.2. The Morgan fingerprint density at radius 3 is 2.42 bits per heavy atom. The van der Waals surface area contributed by atoms with E-state index in [4.69, 9.17) is 5.73 Å². The maximum Gasteiger partial charge on any atom is 0.257 e. The summed E-state index contributed by atoms with van der Waals surface area (Å²) >= 11 is 0. The van der Waals surface area contributed by atoms with Crippen molar-refractivity contribution in [3.8, 4) is 0 Å². The van der Waals surface area contributed by atoms with Crippen LogP contribution in [0.25, 0.3) is 0 Å². The SMILES string of the molecule is CC1=C(C)C(=O)N(C2CCc3cc(N)ccc32)C1=O. The Kier molecular flexibility index (Phi) is 2.49. The molecule has 1 aromatic carbocycles. The van der Waals surface area contributed by atoms with Crippen LogP contribution < -0.4 is 5.73 Å². The molecule has 1 aromatic rings. The minimum Gasteiger partial charge on any atom is -0.399 e. The fourth-order valence-electron chi connectivity index (χ4n) is 2.94. The molecule has 0 spiro atoms. The lowest BCUT2D eigenvalue weighted by molar-refractivity contribution is -0.140. The van der Waals surface area contributed by atoms with Gasteiger partial charge in [0.1, 0.15) is 0 Å². The fraction of sp³-hybridized carbons (Fsp3) is 0.333. The average Bonchev–Trinajstić information content (AvgIpc) is 2.86. The van der Waals surface area contributed by atoms with Crippen LogP contribution in [0.15, 0.2) is 29.3 Å². The van der Waals surface area contributed by atoms with Crippen LogP contribution in [-0.2, 0) is 16.0 Å². The molecule has 1 aliphatic carbocycles. The summed E-state index contributed by atoms with van der Waals surface area (Å²) < 4.78 is 0. The third-order valence-corrected chi connectivity index (χ3v) is 4.17. The lowest BCUT2D eigenvalue weighted by Crippen LogP contribution is -2.34. The van der Waals surface area contributed by atoms with E-state index in [2.05, 4.69) is 0 Å². The van der Waals surface area contributed by atoms with Gasteiger partial charge in [-0.25, -0.2) is 0 Å². The highest BCUT2D eigenvalue weighted by Crippen LogP contribution is 2.40. The summed E-state index contributed by atoms with van der Waals surface area (Å²) in [6.07, 6.45) is 1.65. The predicted octanol–water partition coefficient (Wildman–Crippen LogP) is 1.96. The van der Waals surface area contributed by atoms with Crippen molar-refractivity contribution in [1.82, 2.24) is 4.90 Å². The van der Waals surface area contributed by atoms with Gasteiger partial charge in [0, 0.05) is 16.8 Å². The Labute approximate surface area is 111 Å². The van der Waals surface area contributed by atoms with Crippen molar-refractivity contribution in [2.24, 2.45) is 0 Å². The van der Waals surface area contributed by atoms with Gasteiger partial charge in [-0.1, -0.05) is 6.07 Å². The van der Waals surface area contributed by atoms with Crippen LogP contribution >= 0.6 is 0 Å². The molecule has 0 aromatic heterocycles. The maximum absolute atomic E-state index is 12.2. The predicted molar refractivity (Wildman–Crippen MR) is 72.1 cm³/mol. The zero-order valence-electron chi connectivity index (χ0n) is 11.1. The van der Waals surface area contributed by atoms with Gasteiger partial charge in [-0.2, -0.15) is 0 Å². The van der Waals surface area contributed by atoms with E-state index in [9.17, 15) is 9.59 Å². The van der Waals surface area contributed by atoms with Crippen molar-refractivity contribution in [3.63, 3.8) is 0 Å². The normalized spacial score (nSPS) is 22.4. The molecule has 1 unspecified atom stereocenters. The molecule has 19 heavy (non-hydrogen) atoms. The van der Waals surface area contributed by atoms with E-state index in [1.165, 1.54) is 4.90 Å². The summed E-state index contributed by atoms with van der Waals surface area (Å²) in [6.45, 7) is 3.43. The highest BCUT2D eigenvalue weighted by molar-refractivity contribution is 6.19. The number of nitrogens with two attached hydrogens (primary N) is 1. The van der Waals surface area contributed by atoms with Gasteiger partial charge in [0.15, 0.2) is 0 Å². The van der Waals surface area contributed by atoms with E-state index in [0.717, 1.165) is 29.7 Å². The first-order valence-corrected chi connectivity index (χ1v) is 6.44. The van der Waals surface area contributed by atoms with E-state index >= 15 is 0 Å². The number of hydrogen-bond donors (Lipinski definition) is 1. The first-order valence-electron chi connectivity index (χ1n) is 6.44. The highest BCUT2D eigenvalue weighted by atomic mass is 16.2. The molecule has 4 heteroatoms. The monoisotopic (exact) mass is 256 g/mol. The fourth-order valence-corrected chi connectivity index (χ4v) is 2.94. The minimum atomic E-state index is -0.155. The first kappa shape index (κ1) is 12.0. The molecule has 3 rings (SSSR count). The van der Waals surface area contributed by atoms with Crippen molar-refractivity contribution < 1.29 is 9.59 Å². The Bertz CT molecular complexity index is 607. The Balaban J connectivity index is 2.00. The molecule has 1 heterocycles. The number of imide groups is 1. The minimum absolute atomic E-state index is 0.136. The van der Waals surface area contributed by atoms with Crippen molar-refractivity contribution in [2.75, 3.05) is 5.73 Å². The number of nitrogens with zero attached hydrogens (tertiary/aromatic N) is 1. The molecule has 0 saturated carbocycles. The second kappa shape index (κ2) is 3.95. The second-order valence-corrected chi connectivity index (χ2v) is 5.24. The molecule has 4 nitrogen and oxygen atoms in total.